The molecule has 3 rings (SSSR count). The molecule has 0 aliphatic carbocycles. The molecular weight excluding hydrogens is 345 g/mol. The molecule has 1 N–H and O–H groups in total. The van der Waals surface area contributed by atoms with Crippen LogP contribution in [0.5, 0.6) is 0 Å². The van der Waals surface area contributed by atoms with Crippen molar-refractivity contribution in [2.75, 3.05) is 25.2 Å². The van der Waals surface area contributed by atoms with Gasteiger partial charge in [0.05, 0.1) is 6.61 Å². The van der Waals surface area contributed by atoms with E-state index in [2.05, 4.69) is 17.4 Å². The highest BCUT2D eigenvalue weighted by molar-refractivity contribution is 7.93. The SMILES string of the molecule is CNc1ccc(-c2ccc(-c3ccc(CCOSC)cc3)cc2F)cc1. The summed E-state index contributed by atoms with van der Waals surface area (Å²) in [4.78, 5) is 0. The van der Waals surface area contributed by atoms with Crippen molar-refractivity contribution in [3.8, 4) is 22.3 Å². The molecule has 0 radical (unpaired) electrons. The van der Waals surface area contributed by atoms with Gasteiger partial charge in [-0.1, -0.05) is 48.5 Å². The molecule has 0 heterocycles. The molecule has 0 atom stereocenters. The van der Waals surface area contributed by atoms with Gasteiger partial charge in [-0.25, -0.2) is 4.39 Å². The molecule has 0 saturated heterocycles. The van der Waals surface area contributed by atoms with Gasteiger partial charge in [-0.15, -0.1) is 0 Å². The standard InChI is InChI=1S/C22H22FNOS/c1-24-20-10-7-18(8-11-20)21-12-9-19(15-22(21)23)17-5-3-16(4-6-17)13-14-25-26-2/h3-12,15,24H,13-14H2,1-2H3. The minimum atomic E-state index is -0.211. The fourth-order valence-electron chi connectivity index (χ4n) is 2.85. The van der Waals surface area contributed by atoms with Gasteiger partial charge in [-0.3, -0.25) is 0 Å². The van der Waals surface area contributed by atoms with Crippen LogP contribution in [0.3, 0.4) is 0 Å². The van der Waals surface area contributed by atoms with Crippen molar-refractivity contribution in [3.63, 3.8) is 0 Å². The number of nitrogens with one attached hydrogen (secondary N) is 1. The van der Waals surface area contributed by atoms with Gasteiger partial charge < -0.3 is 9.50 Å². The van der Waals surface area contributed by atoms with E-state index in [1.54, 1.807) is 6.07 Å². The second-order valence-corrected chi connectivity index (χ2v) is 6.53. The number of rotatable bonds is 7. The Morgan fingerprint density at radius 2 is 1.54 bits per heavy atom. The largest absolute Gasteiger partial charge is 0.388 e. The van der Waals surface area contributed by atoms with Gasteiger partial charge >= 0.3 is 0 Å². The van der Waals surface area contributed by atoms with Gasteiger partial charge in [0.15, 0.2) is 0 Å². The van der Waals surface area contributed by atoms with Crippen molar-refractivity contribution in [2.45, 2.75) is 6.42 Å². The third-order valence-electron chi connectivity index (χ3n) is 4.33. The molecule has 0 bridgehead atoms. The Labute approximate surface area is 158 Å². The maximum Gasteiger partial charge on any atom is 0.131 e. The molecule has 0 aromatic heterocycles. The smallest absolute Gasteiger partial charge is 0.131 e. The minimum Gasteiger partial charge on any atom is -0.388 e. The van der Waals surface area contributed by atoms with Crippen molar-refractivity contribution in [1.82, 2.24) is 0 Å². The zero-order valence-electron chi connectivity index (χ0n) is 15.0. The van der Waals surface area contributed by atoms with Gasteiger partial charge in [-0.05, 0) is 58.9 Å². The monoisotopic (exact) mass is 367 g/mol. The minimum absolute atomic E-state index is 0.211. The lowest BCUT2D eigenvalue weighted by atomic mass is 9.98. The first-order valence-corrected chi connectivity index (χ1v) is 9.69. The molecule has 0 aliphatic rings. The highest BCUT2D eigenvalue weighted by Gasteiger charge is 2.08. The van der Waals surface area contributed by atoms with E-state index in [1.165, 1.54) is 17.6 Å². The molecule has 3 aromatic carbocycles. The number of benzene rings is 3. The Hall–Kier alpha value is -2.30. The summed E-state index contributed by atoms with van der Waals surface area (Å²) in [6, 6.07) is 21.4. The van der Waals surface area contributed by atoms with Gasteiger partial charge in [0.1, 0.15) is 5.82 Å². The van der Waals surface area contributed by atoms with Crippen LogP contribution in [0.2, 0.25) is 0 Å². The van der Waals surface area contributed by atoms with E-state index in [9.17, 15) is 4.39 Å². The van der Waals surface area contributed by atoms with Crippen LogP contribution in [0.1, 0.15) is 5.56 Å². The van der Waals surface area contributed by atoms with E-state index in [0.717, 1.165) is 28.8 Å². The lowest BCUT2D eigenvalue weighted by Crippen LogP contribution is -1.93. The molecule has 2 nitrogen and oxygen atoms in total. The Morgan fingerprint density at radius 3 is 2.15 bits per heavy atom. The summed E-state index contributed by atoms with van der Waals surface area (Å²) in [5, 5.41) is 3.07. The van der Waals surface area contributed by atoms with E-state index >= 15 is 0 Å². The third-order valence-corrected chi connectivity index (χ3v) is 4.74. The van der Waals surface area contributed by atoms with E-state index < -0.39 is 0 Å². The zero-order chi connectivity index (χ0) is 18.4. The summed E-state index contributed by atoms with van der Waals surface area (Å²) in [6.07, 6.45) is 2.79. The third kappa shape index (κ3) is 4.45. The summed E-state index contributed by atoms with van der Waals surface area (Å²) >= 11 is 1.38. The molecule has 0 amide bonds. The molecule has 134 valence electrons. The normalized spacial score (nSPS) is 10.7. The summed E-state index contributed by atoms with van der Waals surface area (Å²) < 4.78 is 20.0. The van der Waals surface area contributed by atoms with Gasteiger partial charge in [-0.2, -0.15) is 0 Å². The van der Waals surface area contributed by atoms with Crippen LogP contribution >= 0.6 is 12.0 Å². The van der Waals surface area contributed by atoms with Gasteiger partial charge in [0.25, 0.3) is 0 Å². The first-order chi connectivity index (χ1) is 12.7. The lowest BCUT2D eigenvalue weighted by Gasteiger charge is -2.09. The first-order valence-electron chi connectivity index (χ1n) is 8.54. The maximum absolute atomic E-state index is 14.7. The molecule has 0 aliphatic heterocycles. The van der Waals surface area contributed by atoms with Crippen LogP contribution < -0.4 is 5.32 Å². The van der Waals surface area contributed by atoms with Crippen molar-refractivity contribution in [3.05, 3.63) is 78.1 Å². The molecule has 3 aromatic rings. The van der Waals surface area contributed by atoms with Crippen LogP contribution in [0.15, 0.2) is 66.7 Å². The average molecular weight is 367 g/mol. The van der Waals surface area contributed by atoms with Crippen LogP contribution in [0.25, 0.3) is 22.3 Å². The van der Waals surface area contributed by atoms with Crippen LogP contribution in [0.4, 0.5) is 10.1 Å². The molecular formula is C22H22FNOS. The van der Waals surface area contributed by atoms with Crippen molar-refractivity contribution < 1.29 is 8.57 Å². The lowest BCUT2D eigenvalue weighted by molar-refractivity contribution is 0.381. The Morgan fingerprint density at radius 1 is 0.885 bits per heavy atom. The fourth-order valence-corrected chi connectivity index (χ4v) is 3.10. The Balaban J connectivity index is 1.78. The quantitative estimate of drug-likeness (QED) is 0.406. The van der Waals surface area contributed by atoms with Crippen LogP contribution in [-0.4, -0.2) is 19.9 Å². The Kier molecular flexibility index (Phi) is 6.31. The van der Waals surface area contributed by atoms with E-state index in [0.29, 0.717) is 12.2 Å². The predicted molar refractivity (Wildman–Crippen MR) is 110 cm³/mol. The molecule has 0 unspecified atom stereocenters. The number of anilines is 1. The summed E-state index contributed by atoms with van der Waals surface area (Å²) in [7, 11) is 1.87. The average Bonchev–Trinajstić information content (AvgIpc) is 2.69. The van der Waals surface area contributed by atoms with E-state index in [1.807, 2.05) is 61.8 Å². The summed E-state index contributed by atoms with van der Waals surface area (Å²) in [5.41, 5.74) is 5.60. The second kappa shape index (κ2) is 8.88. The molecule has 4 heteroatoms. The zero-order valence-corrected chi connectivity index (χ0v) is 15.8. The maximum atomic E-state index is 14.7. The number of hydrogen-bond acceptors (Lipinski definition) is 3. The highest BCUT2D eigenvalue weighted by Crippen LogP contribution is 2.29. The van der Waals surface area contributed by atoms with Crippen molar-refractivity contribution >= 4 is 17.7 Å². The number of halogens is 1. The van der Waals surface area contributed by atoms with Crippen LogP contribution in [0, 0.1) is 5.82 Å². The molecule has 26 heavy (non-hydrogen) atoms. The van der Waals surface area contributed by atoms with Gasteiger partial charge in [0, 0.05) is 24.6 Å². The second-order valence-electron chi connectivity index (χ2n) is 5.96. The molecule has 0 spiro atoms. The van der Waals surface area contributed by atoms with E-state index in [-0.39, 0.29) is 5.82 Å². The summed E-state index contributed by atoms with van der Waals surface area (Å²) in [5.74, 6) is -0.211. The van der Waals surface area contributed by atoms with Gasteiger partial charge in [0.2, 0.25) is 0 Å². The Bertz CT molecular complexity index is 847. The molecule has 0 fully saturated rings. The predicted octanol–water partition coefficient (Wildman–Crippen LogP) is 6.04. The summed E-state index contributed by atoms with van der Waals surface area (Å²) in [6.45, 7) is 0.691. The number of hydrogen-bond donors (Lipinski definition) is 1. The fraction of sp³-hybridized carbons (Fsp3) is 0.182. The molecule has 0 saturated carbocycles. The van der Waals surface area contributed by atoms with Crippen molar-refractivity contribution in [2.24, 2.45) is 0 Å². The first kappa shape index (κ1) is 18.5. The van der Waals surface area contributed by atoms with E-state index in [4.69, 9.17) is 4.18 Å². The van der Waals surface area contributed by atoms with Crippen LogP contribution in [-0.2, 0) is 10.6 Å². The highest BCUT2D eigenvalue weighted by atomic mass is 32.2. The topological polar surface area (TPSA) is 21.3 Å². The van der Waals surface area contributed by atoms with Crippen molar-refractivity contribution in [1.29, 1.82) is 0 Å².